The van der Waals surface area contributed by atoms with E-state index in [1.807, 2.05) is 0 Å². The highest BCUT2D eigenvalue weighted by Crippen LogP contribution is 2.45. The molecule has 2 fully saturated rings. The first-order valence-electron chi connectivity index (χ1n) is 6.17. The first kappa shape index (κ1) is 9.51. The number of nitrogens with one attached hydrogen (secondary N) is 1. The molecular formula is C12H23N. The Balaban J connectivity index is 1.66. The molecule has 2 rings (SSSR count). The van der Waals surface area contributed by atoms with E-state index in [0.29, 0.717) is 0 Å². The van der Waals surface area contributed by atoms with Gasteiger partial charge in [-0.25, -0.2) is 0 Å². The monoisotopic (exact) mass is 181 g/mol. The highest BCUT2D eigenvalue weighted by molar-refractivity contribution is 4.85. The smallest absolute Gasteiger partial charge is 0.00489 e. The average molecular weight is 181 g/mol. The number of hydrogen-bond acceptors (Lipinski definition) is 1. The fourth-order valence-corrected chi connectivity index (χ4v) is 2.63. The van der Waals surface area contributed by atoms with Gasteiger partial charge in [0.05, 0.1) is 0 Å². The van der Waals surface area contributed by atoms with Crippen LogP contribution in [0.5, 0.6) is 0 Å². The summed E-state index contributed by atoms with van der Waals surface area (Å²) in [7, 11) is 0. The molecule has 1 aliphatic carbocycles. The largest absolute Gasteiger partial charge is 0.317 e. The van der Waals surface area contributed by atoms with Gasteiger partial charge in [0.15, 0.2) is 0 Å². The molecule has 0 amide bonds. The zero-order chi connectivity index (χ0) is 8.93. The Hall–Kier alpha value is -0.0400. The molecule has 2 unspecified atom stereocenters. The van der Waals surface area contributed by atoms with Crippen molar-refractivity contribution in [2.24, 2.45) is 11.8 Å². The van der Waals surface area contributed by atoms with Crippen LogP contribution in [-0.4, -0.2) is 13.1 Å². The summed E-state index contributed by atoms with van der Waals surface area (Å²) in [5.74, 6) is 2.28. The molecule has 1 nitrogen and oxygen atoms in total. The van der Waals surface area contributed by atoms with Crippen molar-refractivity contribution in [3.63, 3.8) is 0 Å². The second-order valence-electron chi connectivity index (χ2n) is 4.85. The second-order valence-corrected chi connectivity index (χ2v) is 4.85. The van der Waals surface area contributed by atoms with Crippen molar-refractivity contribution in [1.29, 1.82) is 0 Å². The van der Waals surface area contributed by atoms with Crippen molar-refractivity contribution in [3.05, 3.63) is 0 Å². The highest BCUT2D eigenvalue weighted by atomic mass is 14.8. The van der Waals surface area contributed by atoms with Crippen LogP contribution in [0.4, 0.5) is 0 Å². The Kier molecular flexibility index (Phi) is 3.65. The Bertz CT molecular complexity index is 128. The van der Waals surface area contributed by atoms with Crippen LogP contribution in [0.25, 0.3) is 0 Å². The van der Waals surface area contributed by atoms with Gasteiger partial charge in [-0.2, -0.15) is 0 Å². The standard InChI is InChI=1S/C12H23N/c1-2-6-11-10-12(11)7-3-5-9-13-8-4-1/h11-13H,1-10H2. The molecule has 1 N–H and O–H groups in total. The van der Waals surface area contributed by atoms with E-state index in [1.54, 1.807) is 6.42 Å². The van der Waals surface area contributed by atoms with Crippen LogP contribution in [-0.2, 0) is 0 Å². The molecule has 0 aromatic rings. The topological polar surface area (TPSA) is 12.0 Å². The fourth-order valence-electron chi connectivity index (χ4n) is 2.63. The molecule has 0 spiro atoms. The predicted octanol–water partition coefficient (Wildman–Crippen LogP) is 2.96. The minimum atomic E-state index is 1.14. The van der Waals surface area contributed by atoms with E-state index in [-0.39, 0.29) is 0 Å². The zero-order valence-corrected chi connectivity index (χ0v) is 8.73. The summed E-state index contributed by atoms with van der Waals surface area (Å²) in [6.45, 7) is 2.52. The predicted molar refractivity (Wildman–Crippen MR) is 56.8 cm³/mol. The molecule has 13 heavy (non-hydrogen) atoms. The van der Waals surface area contributed by atoms with Crippen molar-refractivity contribution in [3.8, 4) is 0 Å². The maximum atomic E-state index is 3.53. The Morgan fingerprint density at radius 2 is 1.31 bits per heavy atom. The summed E-state index contributed by atoms with van der Waals surface area (Å²) in [6, 6.07) is 0. The summed E-state index contributed by atoms with van der Waals surface area (Å²) in [5.41, 5.74) is 0. The summed E-state index contributed by atoms with van der Waals surface area (Å²) in [6.07, 6.45) is 11.8. The minimum absolute atomic E-state index is 1.14. The molecule has 1 saturated heterocycles. The first-order chi connectivity index (χ1) is 6.47. The molecular weight excluding hydrogens is 158 g/mol. The Morgan fingerprint density at radius 3 is 2.08 bits per heavy atom. The van der Waals surface area contributed by atoms with Gasteiger partial charge < -0.3 is 5.32 Å². The van der Waals surface area contributed by atoms with Crippen LogP contribution in [0.15, 0.2) is 0 Å². The van der Waals surface area contributed by atoms with Crippen LogP contribution in [0, 0.1) is 11.8 Å². The van der Waals surface area contributed by atoms with Gasteiger partial charge in [0.2, 0.25) is 0 Å². The lowest BCUT2D eigenvalue weighted by Gasteiger charge is -2.07. The third kappa shape index (κ3) is 3.30. The molecule has 0 aromatic heterocycles. The van der Waals surface area contributed by atoms with Crippen molar-refractivity contribution in [2.45, 2.75) is 51.4 Å². The average Bonchev–Trinajstić information content (AvgIpc) is 2.83. The molecule has 1 saturated carbocycles. The van der Waals surface area contributed by atoms with Crippen molar-refractivity contribution < 1.29 is 0 Å². The Labute approximate surface area is 82.3 Å². The molecule has 2 aliphatic rings. The summed E-state index contributed by atoms with van der Waals surface area (Å²) >= 11 is 0. The first-order valence-corrected chi connectivity index (χ1v) is 6.17. The van der Waals surface area contributed by atoms with Crippen molar-refractivity contribution in [1.82, 2.24) is 5.32 Å². The van der Waals surface area contributed by atoms with E-state index in [1.165, 1.54) is 58.0 Å². The van der Waals surface area contributed by atoms with Crippen molar-refractivity contribution in [2.75, 3.05) is 13.1 Å². The van der Waals surface area contributed by atoms with E-state index < -0.39 is 0 Å². The third-order valence-corrected chi connectivity index (χ3v) is 3.68. The maximum Gasteiger partial charge on any atom is -0.00489 e. The van der Waals surface area contributed by atoms with Crippen LogP contribution >= 0.6 is 0 Å². The van der Waals surface area contributed by atoms with Gasteiger partial charge in [0, 0.05) is 0 Å². The van der Waals surface area contributed by atoms with Gasteiger partial charge in [-0.05, 0) is 44.2 Å². The van der Waals surface area contributed by atoms with Gasteiger partial charge in [0.1, 0.15) is 0 Å². The zero-order valence-electron chi connectivity index (χ0n) is 8.73. The highest BCUT2D eigenvalue weighted by Gasteiger charge is 2.35. The SMILES string of the molecule is C1CCNCCCCC2CC2CC1. The fraction of sp³-hybridized carbons (Fsp3) is 1.00. The maximum absolute atomic E-state index is 3.53. The summed E-state index contributed by atoms with van der Waals surface area (Å²) in [4.78, 5) is 0. The molecule has 76 valence electrons. The normalized spacial score (nSPS) is 36.9. The molecule has 0 aromatic carbocycles. The lowest BCUT2D eigenvalue weighted by atomic mass is 10.1. The van der Waals surface area contributed by atoms with Gasteiger partial charge in [-0.3, -0.25) is 0 Å². The van der Waals surface area contributed by atoms with Crippen LogP contribution in [0.3, 0.4) is 0 Å². The van der Waals surface area contributed by atoms with E-state index in [4.69, 9.17) is 0 Å². The number of rotatable bonds is 0. The van der Waals surface area contributed by atoms with Crippen molar-refractivity contribution >= 4 is 0 Å². The molecule has 1 heterocycles. The molecule has 1 aliphatic heterocycles. The third-order valence-electron chi connectivity index (χ3n) is 3.68. The van der Waals surface area contributed by atoms with E-state index in [2.05, 4.69) is 5.32 Å². The molecule has 0 radical (unpaired) electrons. The molecule has 0 bridgehead atoms. The summed E-state index contributed by atoms with van der Waals surface area (Å²) in [5, 5.41) is 3.53. The number of hydrogen-bond donors (Lipinski definition) is 1. The lowest BCUT2D eigenvalue weighted by molar-refractivity contribution is 0.498. The summed E-state index contributed by atoms with van der Waals surface area (Å²) < 4.78 is 0. The Morgan fingerprint density at radius 1 is 0.692 bits per heavy atom. The number of fused-ring (bicyclic) bond motifs is 1. The van der Waals surface area contributed by atoms with Crippen LogP contribution < -0.4 is 5.32 Å². The van der Waals surface area contributed by atoms with Crippen LogP contribution in [0.2, 0.25) is 0 Å². The minimum Gasteiger partial charge on any atom is -0.317 e. The van der Waals surface area contributed by atoms with E-state index in [0.717, 1.165) is 11.8 Å². The quantitative estimate of drug-likeness (QED) is 0.606. The van der Waals surface area contributed by atoms with Crippen LogP contribution in [0.1, 0.15) is 51.4 Å². The van der Waals surface area contributed by atoms with Gasteiger partial charge in [-0.1, -0.05) is 32.1 Å². The molecule has 2 atom stereocenters. The molecule has 1 heteroatoms. The van der Waals surface area contributed by atoms with Gasteiger partial charge >= 0.3 is 0 Å². The lowest BCUT2D eigenvalue weighted by Crippen LogP contribution is -2.16. The second kappa shape index (κ2) is 4.99. The van der Waals surface area contributed by atoms with E-state index >= 15 is 0 Å². The van der Waals surface area contributed by atoms with Gasteiger partial charge in [0.25, 0.3) is 0 Å². The van der Waals surface area contributed by atoms with Gasteiger partial charge in [-0.15, -0.1) is 0 Å². The van der Waals surface area contributed by atoms with E-state index in [9.17, 15) is 0 Å².